The number of aryl methyl sites for hydroxylation is 1. The highest BCUT2D eigenvalue weighted by atomic mass is 16.3. The highest BCUT2D eigenvalue weighted by Crippen LogP contribution is 2.26. The Kier molecular flexibility index (Phi) is 4.16. The Balaban J connectivity index is 1.97. The predicted molar refractivity (Wildman–Crippen MR) is 94.4 cm³/mol. The van der Waals surface area contributed by atoms with Crippen molar-refractivity contribution in [1.82, 2.24) is 4.57 Å². The monoisotopic (exact) mass is 320 g/mol. The molecule has 0 saturated carbocycles. The van der Waals surface area contributed by atoms with Gasteiger partial charge in [0.15, 0.2) is 5.78 Å². The summed E-state index contributed by atoms with van der Waals surface area (Å²) < 4.78 is 1.36. The van der Waals surface area contributed by atoms with E-state index in [1.54, 1.807) is 31.3 Å². The molecule has 0 saturated heterocycles. The van der Waals surface area contributed by atoms with Gasteiger partial charge in [0.1, 0.15) is 11.3 Å². The maximum absolute atomic E-state index is 12.4. The summed E-state index contributed by atoms with van der Waals surface area (Å²) >= 11 is 0. The Labute approximate surface area is 138 Å². The van der Waals surface area contributed by atoms with Crippen LogP contribution in [0.15, 0.2) is 71.7 Å². The van der Waals surface area contributed by atoms with Gasteiger partial charge in [-0.1, -0.05) is 30.3 Å². The first-order valence-corrected chi connectivity index (χ1v) is 7.42. The van der Waals surface area contributed by atoms with E-state index in [1.165, 1.54) is 16.8 Å². The summed E-state index contributed by atoms with van der Waals surface area (Å²) in [5.41, 5.74) is 0.628. The molecule has 24 heavy (non-hydrogen) atoms. The molecule has 1 aromatic heterocycles. The number of rotatable bonds is 4. The van der Waals surface area contributed by atoms with Crippen molar-refractivity contribution in [3.05, 3.63) is 82.8 Å². The highest BCUT2D eigenvalue weighted by Gasteiger charge is 2.18. The Morgan fingerprint density at radius 1 is 1.08 bits per heavy atom. The van der Waals surface area contributed by atoms with Crippen molar-refractivity contribution < 1.29 is 9.90 Å². The third-order valence-corrected chi connectivity index (χ3v) is 3.78. The number of fused-ring (bicyclic) bond motifs is 1. The molecule has 5 heteroatoms. The second kappa shape index (κ2) is 6.42. The number of hydrogen-bond donors (Lipinski definition) is 2. The van der Waals surface area contributed by atoms with Crippen molar-refractivity contribution in [3.8, 4) is 5.75 Å². The molecule has 0 fully saturated rings. The number of nitrogens with zero attached hydrogens (tertiary/aromatic N) is 1. The maximum Gasteiger partial charge on any atom is 0.265 e. The first-order chi connectivity index (χ1) is 11.6. The Morgan fingerprint density at radius 3 is 2.50 bits per heavy atom. The van der Waals surface area contributed by atoms with Crippen LogP contribution in [0.1, 0.15) is 10.4 Å². The van der Waals surface area contributed by atoms with Crippen LogP contribution in [0.2, 0.25) is 0 Å². The third kappa shape index (κ3) is 2.79. The molecular weight excluding hydrogens is 304 g/mol. The van der Waals surface area contributed by atoms with E-state index in [9.17, 15) is 14.7 Å². The minimum absolute atomic E-state index is 0.234. The number of benzene rings is 2. The van der Waals surface area contributed by atoms with Crippen LogP contribution in [-0.4, -0.2) is 15.5 Å². The van der Waals surface area contributed by atoms with Gasteiger partial charge in [-0.25, -0.2) is 0 Å². The van der Waals surface area contributed by atoms with Crippen molar-refractivity contribution in [2.24, 2.45) is 7.05 Å². The van der Waals surface area contributed by atoms with Crippen molar-refractivity contribution in [3.63, 3.8) is 0 Å². The molecule has 0 amide bonds. The molecule has 3 aromatic rings. The fourth-order valence-electron chi connectivity index (χ4n) is 2.53. The minimum Gasteiger partial charge on any atom is -0.506 e. The van der Waals surface area contributed by atoms with Crippen LogP contribution in [0.4, 0.5) is 5.69 Å². The normalized spacial score (nSPS) is 11.0. The molecule has 120 valence electrons. The van der Waals surface area contributed by atoms with Gasteiger partial charge in [-0.2, -0.15) is 0 Å². The zero-order valence-electron chi connectivity index (χ0n) is 13.1. The largest absolute Gasteiger partial charge is 0.506 e. The second-order valence-electron chi connectivity index (χ2n) is 5.31. The molecule has 0 unspecified atom stereocenters. The second-order valence-corrected chi connectivity index (χ2v) is 5.31. The number of hydrogen-bond acceptors (Lipinski definition) is 4. The number of para-hydroxylation sites is 2. The lowest BCUT2D eigenvalue weighted by molar-refractivity contribution is 0.104. The van der Waals surface area contributed by atoms with Crippen molar-refractivity contribution in [2.45, 2.75) is 0 Å². The summed E-state index contributed by atoms with van der Waals surface area (Å²) in [4.78, 5) is 24.8. The van der Waals surface area contributed by atoms with Gasteiger partial charge in [-0.05, 0) is 24.3 Å². The molecule has 0 spiro atoms. The van der Waals surface area contributed by atoms with Crippen molar-refractivity contribution >= 4 is 22.4 Å². The first-order valence-electron chi connectivity index (χ1n) is 7.42. The number of aromatic hydroxyl groups is 1. The van der Waals surface area contributed by atoms with Crippen molar-refractivity contribution in [2.75, 3.05) is 5.32 Å². The predicted octanol–water partition coefficient (Wildman–Crippen LogP) is 3.05. The van der Waals surface area contributed by atoms with Gasteiger partial charge in [0.2, 0.25) is 0 Å². The number of nitrogens with one attached hydrogen (secondary N) is 1. The van der Waals surface area contributed by atoms with Crippen LogP contribution in [0, 0.1) is 0 Å². The van der Waals surface area contributed by atoms with Gasteiger partial charge in [0.05, 0.1) is 5.52 Å². The molecular formula is C19H16N2O3. The molecule has 1 heterocycles. The standard InChI is InChI=1S/C19H16N2O3/c1-21-15-10-6-5-9-14(15)18(23)17(19(21)24)16(22)11-12-20-13-7-3-2-4-8-13/h2-12,20,23H,1H3/b12-11+. The van der Waals surface area contributed by atoms with Gasteiger partial charge in [-0.15, -0.1) is 0 Å². The molecule has 0 radical (unpaired) electrons. The summed E-state index contributed by atoms with van der Waals surface area (Å²) in [5, 5.41) is 13.8. The number of aromatic nitrogens is 1. The van der Waals surface area contributed by atoms with E-state index in [4.69, 9.17) is 0 Å². The smallest absolute Gasteiger partial charge is 0.265 e. The number of ketones is 1. The van der Waals surface area contributed by atoms with E-state index in [0.717, 1.165) is 5.69 Å². The third-order valence-electron chi connectivity index (χ3n) is 3.78. The van der Waals surface area contributed by atoms with E-state index < -0.39 is 11.3 Å². The number of carbonyl (C=O) groups excluding carboxylic acids is 1. The Bertz CT molecular complexity index is 989. The van der Waals surface area contributed by atoms with Crippen LogP contribution < -0.4 is 10.9 Å². The topological polar surface area (TPSA) is 71.3 Å². The SMILES string of the molecule is Cn1c(=O)c(C(=O)/C=C/Nc2ccccc2)c(O)c2ccccc21. The number of allylic oxidation sites excluding steroid dienone is 1. The molecule has 5 nitrogen and oxygen atoms in total. The summed E-state index contributed by atoms with van der Waals surface area (Å²) in [5.74, 6) is -0.842. The van der Waals surface area contributed by atoms with Gasteiger partial charge in [-0.3, -0.25) is 9.59 Å². The quantitative estimate of drug-likeness (QED) is 0.572. The van der Waals surface area contributed by atoms with E-state index in [1.807, 2.05) is 30.3 Å². The summed E-state index contributed by atoms with van der Waals surface area (Å²) in [7, 11) is 1.58. The zero-order valence-corrected chi connectivity index (χ0v) is 13.1. The molecule has 2 aromatic carbocycles. The molecule has 0 aliphatic heterocycles. The number of carbonyl (C=O) groups is 1. The van der Waals surface area contributed by atoms with E-state index in [-0.39, 0.29) is 11.3 Å². The minimum atomic E-state index is -0.553. The van der Waals surface area contributed by atoms with Crippen LogP contribution in [0.25, 0.3) is 10.9 Å². The maximum atomic E-state index is 12.4. The van der Waals surface area contributed by atoms with Crippen LogP contribution in [-0.2, 0) is 7.05 Å². The molecule has 2 N–H and O–H groups in total. The van der Waals surface area contributed by atoms with E-state index >= 15 is 0 Å². The summed E-state index contributed by atoms with van der Waals surface area (Å²) in [6, 6.07) is 16.2. The van der Waals surface area contributed by atoms with E-state index in [2.05, 4.69) is 5.32 Å². The Hall–Kier alpha value is -3.34. The Morgan fingerprint density at radius 2 is 1.75 bits per heavy atom. The molecule has 3 rings (SSSR count). The van der Waals surface area contributed by atoms with Gasteiger partial charge in [0.25, 0.3) is 5.56 Å². The summed E-state index contributed by atoms with van der Waals surface area (Å²) in [6.07, 6.45) is 2.68. The summed E-state index contributed by atoms with van der Waals surface area (Å²) in [6.45, 7) is 0. The lowest BCUT2D eigenvalue weighted by atomic mass is 10.1. The van der Waals surface area contributed by atoms with E-state index in [0.29, 0.717) is 10.9 Å². The lowest BCUT2D eigenvalue weighted by Crippen LogP contribution is -2.24. The molecule has 0 aliphatic rings. The first kappa shape index (κ1) is 15.6. The average molecular weight is 320 g/mol. The average Bonchev–Trinajstić information content (AvgIpc) is 2.61. The lowest BCUT2D eigenvalue weighted by Gasteiger charge is -2.09. The fraction of sp³-hybridized carbons (Fsp3) is 0.0526. The zero-order chi connectivity index (χ0) is 17.1. The highest BCUT2D eigenvalue weighted by molar-refractivity contribution is 6.09. The molecule has 0 bridgehead atoms. The number of pyridine rings is 1. The molecule has 0 atom stereocenters. The molecule has 0 aliphatic carbocycles. The van der Waals surface area contributed by atoms with Crippen LogP contribution in [0.5, 0.6) is 5.75 Å². The van der Waals surface area contributed by atoms with Gasteiger partial charge in [0, 0.05) is 30.4 Å². The fourth-order valence-corrected chi connectivity index (χ4v) is 2.53. The number of anilines is 1. The van der Waals surface area contributed by atoms with Gasteiger partial charge >= 0.3 is 0 Å². The van der Waals surface area contributed by atoms with Crippen molar-refractivity contribution in [1.29, 1.82) is 0 Å². The van der Waals surface area contributed by atoms with Gasteiger partial charge < -0.3 is 15.0 Å². The van der Waals surface area contributed by atoms with Crippen LogP contribution >= 0.6 is 0 Å². The van der Waals surface area contributed by atoms with Crippen LogP contribution in [0.3, 0.4) is 0 Å².